The fraction of sp³-hybridized carbons (Fsp3) is 0.412. The third-order valence-electron chi connectivity index (χ3n) is 3.43. The van der Waals surface area contributed by atoms with E-state index in [-0.39, 0.29) is 12.6 Å². The van der Waals surface area contributed by atoms with Crippen molar-refractivity contribution in [2.75, 3.05) is 6.61 Å². The minimum Gasteiger partial charge on any atom is -0.395 e. The van der Waals surface area contributed by atoms with Gasteiger partial charge in [-0.3, -0.25) is 0 Å². The average Bonchev–Trinajstić information content (AvgIpc) is 2.92. The molecule has 1 atom stereocenters. The van der Waals surface area contributed by atoms with E-state index in [4.69, 9.17) is 0 Å². The lowest BCUT2D eigenvalue weighted by atomic mass is 10.1. The highest BCUT2D eigenvalue weighted by atomic mass is 16.3. The Balaban J connectivity index is 1.83. The van der Waals surface area contributed by atoms with Crippen LogP contribution in [-0.4, -0.2) is 22.3 Å². The molecule has 0 saturated carbocycles. The van der Waals surface area contributed by atoms with Gasteiger partial charge in [0.25, 0.3) is 0 Å². The van der Waals surface area contributed by atoms with Crippen LogP contribution >= 0.6 is 0 Å². The molecular formula is C17H24N2O. The quantitative estimate of drug-likeness (QED) is 0.775. The van der Waals surface area contributed by atoms with Crippen molar-refractivity contribution >= 4 is 0 Å². The lowest BCUT2D eigenvalue weighted by Gasteiger charge is -2.16. The summed E-state index contributed by atoms with van der Waals surface area (Å²) in [4.78, 5) is 0. The molecule has 3 nitrogen and oxygen atoms in total. The number of aliphatic hydroxyl groups is 1. The zero-order valence-electron chi connectivity index (χ0n) is 12.1. The van der Waals surface area contributed by atoms with Gasteiger partial charge in [-0.25, -0.2) is 0 Å². The van der Waals surface area contributed by atoms with E-state index in [2.05, 4.69) is 47.4 Å². The molecule has 2 rings (SSSR count). The largest absolute Gasteiger partial charge is 0.395 e. The molecule has 1 unspecified atom stereocenters. The van der Waals surface area contributed by atoms with E-state index in [9.17, 15) is 5.11 Å². The zero-order valence-corrected chi connectivity index (χ0v) is 12.1. The molecule has 1 heterocycles. The normalized spacial score (nSPS) is 12.5. The van der Waals surface area contributed by atoms with Crippen LogP contribution in [0, 0.1) is 0 Å². The van der Waals surface area contributed by atoms with Crippen LogP contribution in [0.4, 0.5) is 0 Å². The number of hydrogen-bond acceptors (Lipinski definition) is 2. The van der Waals surface area contributed by atoms with Gasteiger partial charge in [-0.15, -0.1) is 0 Å². The van der Waals surface area contributed by atoms with Crippen molar-refractivity contribution < 1.29 is 5.11 Å². The number of nitrogens with one attached hydrogen (secondary N) is 1. The van der Waals surface area contributed by atoms with Crippen molar-refractivity contribution in [2.45, 2.75) is 38.9 Å². The molecule has 0 aliphatic heterocycles. The van der Waals surface area contributed by atoms with E-state index in [1.54, 1.807) is 0 Å². The van der Waals surface area contributed by atoms with Gasteiger partial charge in [0.1, 0.15) is 0 Å². The summed E-state index contributed by atoms with van der Waals surface area (Å²) in [6.45, 7) is 4.20. The van der Waals surface area contributed by atoms with E-state index in [0.29, 0.717) is 0 Å². The summed E-state index contributed by atoms with van der Waals surface area (Å²) >= 11 is 0. The lowest BCUT2D eigenvalue weighted by molar-refractivity contribution is 0.241. The van der Waals surface area contributed by atoms with Gasteiger partial charge in [0, 0.05) is 31.5 Å². The summed E-state index contributed by atoms with van der Waals surface area (Å²) in [5.74, 6) is 0. The van der Waals surface area contributed by atoms with Crippen LogP contribution in [0.1, 0.15) is 24.5 Å². The molecule has 0 amide bonds. The summed E-state index contributed by atoms with van der Waals surface area (Å²) in [5, 5.41) is 12.9. The van der Waals surface area contributed by atoms with Gasteiger partial charge in [0.05, 0.1) is 6.61 Å². The van der Waals surface area contributed by atoms with Crippen molar-refractivity contribution in [1.82, 2.24) is 9.88 Å². The number of aryl methyl sites for hydroxylation is 1. The third kappa shape index (κ3) is 4.51. The van der Waals surface area contributed by atoms with E-state index in [1.807, 2.05) is 18.2 Å². The molecule has 20 heavy (non-hydrogen) atoms. The second-order valence-electron chi connectivity index (χ2n) is 5.21. The van der Waals surface area contributed by atoms with Crippen LogP contribution in [0.5, 0.6) is 0 Å². The van der Waals surface area contributed by atoms with Crippen LogP contribution in [0.3, 0.4) is 0 Å². The average molecular weight is 272 g/mol. The molecule has 2 aromatic rings. The van der Waals surface area contributed by atoms with Gasteiger partial charge in [0.2, 0.25) is 0 Å². The molecule has 0 fully saturated rings. The molecule has 1 aromatic heterocycles. The maximum absolute atomic E-state index is 9.49. The fourth-order valence-electron chi connectivity index (χ4n) is 2.35. The second-order valence-corrected chi connectivity index (χ2v) is 5.21. The highest BCUT2D eigenvalue weighted by Crippen LogP contribution is 2.06. The van der Waals surface area contributed by atoms with Crippen LogP contribution in [0.2, 0.25) is 0 Å². The molecule has 0 bridgehead atoms. The Hall–Kier alpha value is -1.58. The maximum Gasteiger partial charge on any atom is 0.0587 e. The summed E-state index contributed by atoms with van der Waals surface area (Å²) in [6, 6.07) is 12.5. The topological polar surface area (TPSA) is 37.2 Å². The summed E-state index contributed by atoms with van der Waals surface area (Å²) < 4.78 is 2.21. The Morgan fingerprint density at radius 3 is 2.65 bits per heavy atom. The van der Waals surface area contributed by atoms with E-state index < -0.39 is 0 Å². The van der Waals surface area contributed by atoms with Gasteiger partial charge in [-0.2, -0.15) is 0 Å². The highest BCUT2D eigenvalue weighted by Gasteiger charge is 2.08. The van der Waals surface area contributed by atoms with Crippen molar-refractivity contribution in [3.63, 3.8) is 0 Å². The number of rotatable bonds is 8. The molecule has 0 saturated heterocycles. The summed E-state index contributed by atoms with van der Waals surface area (Å²) in [5.41, 5.74) is 2.52. The van der Waals surface area contributed by atoms with Gasteiger partial charge in [-0.1, -0.05) is 37.3 Å². The van der Waals surface area contributed by atoms with Crippen molar-refractivity contribution in [2.24, 2.45) is 0 Å². The fourth-order valence-corrected chi connectivity index (χ4v) is 2.35. The van der Waals surface area contributed by atoms with Gasteiger partial charge in [0.15, 0.2) is 0 Å². The highest BCUT2D eigenvalue weighted by molar-refractivity contribution is 5.16. The van der Waals surface area contributed by atoms with Crippen molar-refractivity contribution in [3.05, 3.63) is 59.9 Å². The minimum atomic E-state index is 0.104. The Kier molecular flexibility index (Phi) is 5.84. The number of aliphatic hydroxyl groups excluding tert-OH is 1. The van der Waals surface area contributed by atoms with Crippen molar-refractivity contribution in [1.29, 1.82) is 0 Å². The van der Waals surface area contributed by atoms with Crippen LogP contribution in [0.15, 0.2) is 48.8 Å². The third-order valence-corrected chi connectivity index (χ3v) is 3.43. The number of aromatic nitrogens is 1. The molecule has 0 radical (unpaired) electrons. The Bertz CT molecular complexity index is 493. The minimum absolute atomic E-state index is 0.104. The predicted octanol–water partition coefficient (Wildman–Crippen LogP) is 2.59. The van der Waals surface area contributed by atoms with E-state index >= 15 is 0 Å². The van der Waals surface area contributed by atoms with Gasteiger partial charge in [-0.05, 0) is 30.0 Å². The Morgan fingerprint density at radius 2 is 1.95 bits per heavy atom. The van der Waals surface area contributed by atoms with Gasteiger partial charge < -0.3 is 15.0 Å². The maximum atomic E-state index is 9.49. The Morgan fingerprint density at radius 1 is 1.15 bits per heavy atom. The van der Waals surface area contributed by atoms with Crippen molar-refractivity contribution in [3.8, 4) is 0 Å². The van der Waals surface area contributed by atoms with Crippen LogP contribution < -0.4 is 5.32 Å². The molecule has 0 aliphatic carbocycles. The number of hydrogen-bond donors (Lipinski definition) is 2. The van der Waals surface area contributed by atoms with Crippen LogP contribution in [-0.2, 0) is 19.5 Å². The number of benzene rings is 1. The first-order chi connectivity index (χ1) is 9.81. The molecular weight excluding hydrogens is 248 g/mol. The van der Waals surface area contributed by atoms with Gasteiger partial charge >= 0.3 is 0 Å². The SMILES string of the molecule is CCCn1ccc(CNC(CO)Cc2ccccc2)c1. The first-order valence-electron chi connectivity index (χ1n) is 7.34. The number of nitrogens with zero attached hydrogens (tertiary/aromatic N) is 1. The van der Waals surface area contributed by atoms with E-state index in [0.717, 1.165) is 25.9 Å². The van der Waals surface area contributed by atoms with E-state index in [1.165, 1.54) is 11.1 Å². The molecule has 108 valence electrons. The lowest BCUT2D eigenvalue weighted by Crippen LogP contribution is -2.33. The first kappa shape index (κ1) is 14.8. The smallest absolute Gasteiger partial charge is 0.0587 e. The first-order valence-corrected chi connectivity index (χ1v) is 7.34. The zero-order chi connectivity index (χ0) is 14.2. The molecule has 0 aliphatic rings. The molecule has 0 spiro atoms. The molecule has 3 heteroatoms. The molecule has 2 N–H and O–H groups in total. The molecule has 1 aromatic carbocycles. The standard InChI is InChI=1S/C17H24N2O/c1-2-9-19-10-8-16(13-19)12-18-17(14-20)11-15-6-4-3-5-7-15/h3-8,10,13,17-18,20H,2,9,11-12,14H2,1H3. The Labute approximate surface area is 121 Å². The summed E-state index contributed by atoms with van der Waals surface area (Å²) in [7, 11) is 0. The van der Waals surface area contributed by atoms with Crippen LogP contribution in [0.25, 0.3) is 0 Å². The second kappa shape index (κ2) is 7.88. The summed E-state index contributed by atoms with van der Waals surface area (Å²) in [6.07, 6.45) is 6.29. The monoisotopic (exact) mass is 272 g/mol. The predicted molar refractivity (Wildman–Crippen MR) is 82.6 cm³/mol.